The van der Waals surface area contributed by atoms with Crippen LogP contribution in [0.1, 0.15) is 76.7 Å². The third-order valence-electron chi connectivity index (χ3n) is 4.11. The Morgan fingerprint density at radius 2 is 1.27 bits per heavy atom. The summed E-state index contributed by atoms with van der Waals surface area (Å²) >= 11 is 0. The Morgan fingerprint density at radius 3 is 1.86 bits per heavy atom. The summed E-state index contributed by atoms with van der Waals surface area (Å²) in [6.45, 7) is 3.93. The Labute approximate surface area is 136 Å². The van der Waals surface area contributed by atoms with Crippen LogP contribution in [0.5, 0.6) is 5.75 Å². The van der Waals surface area contributed by atoms with Crippen LogP contribution in [0.2, 0.25) is 0 Å². The first-order valence-corrected chi connectivity index (χ1v) is 9.18. The van der Waals surface area contributed by atoms with Crippen LogP contribution in [0.3, 0.4) is 0 Å². The van der Waals surface area contributed by atoms with Gasteiger partial charge in [-0.05, 0) is 30.5 Å². The summed E-state index contributed by atoms with van der Waals surface area (Å²) in [4.78, 5) is 0. The summed E-state index contributed by atoms with van der Waals surface area (Å²) in [6, 6.07) is 7.38. The number of ether oxygens (including phenoxy) is 1. The van der Waals surface area contributed by atoms with Crippen molar-refractivity contribution in [1.29, 1.82) is 0 Å². The highest BCUT2D eigenvalue weighted by Crippen LogP contribution is 2.11. The monoisotopic (exact) mass is 306 g/mol. The van der Waals surface area contributed by atoms with Gasteiger partial charge in [0.1, 0.15) is 5.75 Å². The lowest BCUT2D eigenvalue weighted by Crippen LogP contribution is -2.00. The highest BCUT2D eigenvalue weighted by atomic mass is 16.5. The first-order chi connectivity index (χ1) is 10.8. The van der Waals surface area contributed by atoms with E-state index in [-0.39, 0.29) is 0 Å². The van der Waals surface area contributed by atoms with Gasteiger partial charge in [-0.3, -0.25) is 0 Å². The molecule has 0 saturated heterocycles. The minimum absolute atomic E-state index is 0.329. The third kappa shape index (κ3) is 10.7. The maximum absolute atomic E-state index is 9.21. The minimum atomic E-state index is 0.329. The van der Waals surface area contributed by atoms with E-state index in [1.54, 1.807) is 12.1 Å². The maximum Gasteiger partial charge on any atom is 0.115 e. The van der Waals surface area contributed by atoms with Gasteiger partial charge in [0.05, 0.1) is 6.61 Å². The maximum atomic E-state index is 9.21. The van der Waals surface area contributed by atoms with Crippen LogP contribution in [0, 0.1) is 0 Å². The molecule has 2 nitrogen and oxygen atoms in total. The topological polar surface area (TPSA) is 29.5 Å². The average molecular weight is 306 g/mol. The zero-order valence-electron chi connectivity index (χ0n) is 14.4. The van der Waals surface area contributed by atoms with Crippen LogP contribution in [-0.2, 0) is 11.2 Å². The number of phenols is 1. The van der Waals surface area contributed by atoms with Crippen molar-refractivity contribution in [1.82, 2.24) is 0 Å². The van der Waals surface area contributed by atoms with E-state index in [0.717, 1.165) is 19.6 Å². The molecule has 0 aliphatic heterocycles. The van der Waals surface area contributed by atoms with Crippen molar-refractivity contribution in [2.45, 2.75) is 77.6 Å². The van der Waals surface area contributed by atoms with E-state index in [1.165, 1.54) is 69.8 Å². The molecule has 1 aromatic carbocycles. The second-order valence-corrected chi connectivity index (χ2v) is 6.21. The number of phenolic OH excluding ortho intramolecular Hbond substituents is 1. The Bertz CT molecular complexity index is 345. The van der Waals surface area contributed by atoms with E-state index in [0.29, 0.717) is 5.75 Å². The molecule has 0 aliphatic rings. The molecule has 0 heterocycles. The van der Waals surface area contributed by atoms with Gasteiger partial charge in [-0.1, -0.05) is 76.8 Å². The van der Waals surface area contributed by atoms with Crippen molar-refractivity contribution in [2.24, 2.45) is 0 Å². The molecule has 1 N–H and O–H groups in total. The number of hydrogen-bond acceptors (Lipinski definition) is 2. The van der Waals surface area contributed by atoms with Crippen LogP contribution >= 0.6 is 0 Å². The summed E-state index contributed by atoms with van der Waals surface area (Å²) in [5.41, 5.74) is 1.22. The summed E-state index contributed by atoms with van der Waals surface area (Å²) in [7, 11) is 0. The molecule has 0 atom stereocenters. The van der Waals surface area contributed by atoms with Gasteiger partial charge >= 0.3 is 0 Å². The molecular formula is C20H34O2. The second-order valence-electron chi connectivity index (χ2n) is 6.21. The van der Waals surface area contributed by atoms with Crippen LogP contribution in [0.15, 0.2) is 24.3 Å². The summed E-state index contributed by atoms with van der Waals surface area (Å²) in [6.07, 6.45) is 14.6. The van der Waals surface area contributed by atoms with E-state index >= 15 is 0 Å². The van der Waals surface area contributed by atoms with Crippen LogP contribution in [0.25, 0.3) is 0 Å². The van der Waals surface area contributed by atoms with Crippen molar-refractivity contribution in [3.8, 4) is 5.75 Å². The zero-order valence-corrected chi connectivity index (χ0v) is 14.4. The Morgan fingerprint density at radius 1 is 0.727 bits per heavy atom. The molecule has 126 valence electrons. The van der Waals surface area contributed by atoms with Crippen molar-refractivity contribution in [3.63, 3.8) is 0 Å². The van der Waals surface area contributed by atoms with Crippen molar-refractivity contribution >= 4 is 0 Å². The van der Waals surface area contributed by atoms with E-state index in [1.807, 2.05) is 12.1 Å². The first-order valence-electron chi connectivity index (χ1n) is 9.18. The lowest BCUT2D eigenvalue weighted by atomic mass is 10.1. The van der Waals surface area contributed by atoms with Gasteiger partial charge in [-0.15, -0.1) is 0 Å². The van der Waals surface area contributed by atoms with E-state index in [4.69, 9.17) is 4.74 Å². The standard InChI is InChI=1S/C20H34O2/c1-2-3-4-5-6-7-8-9-10-11-17-22-18-16-19-12-14-20(21)15-13-19/h12-15,21H,2-11,16-18H2,1H3. The van der Waals surface area contributed by atoms with Crippen molar-refractivity contribution < 1.29 is 9.84 Å². The largest absolute Gasteiger partial charge is 0.508 e. The first kappa shape index (κ1) is 19.0. The average Bonchev–Trinajstić information content (AvgIpc) is 2.53. The molecule has 0 saturated carbocycles. The quantitative estimate of drug-likeness (QED) is 0.435. The number of rotatable bonds is 14. The van der Waals surface area contributed by atoms with Gasteiger partial charge in [0.15, 0.2) is 0 Å². The highest BCUT2D eigenvalue weighted by molar-refractivity contribution is 5.25. The van der Waals surface area contributed by atoms with Gasteiger partial charge in [0.25, 0.3) is 0 Å². The van der Waals surface area contributed by atoms with Gasteiger partial charge < -0.3 is 9.84 Å². The highest BCUT2D eigenvalue weighted by Gasteiger charge is 1.95. The minimum Gasteiger partial charge on any atom is -0.508 e. The predicted octanol–water partition coefficient (Wildman–Crippen LogP) is 5.87. The van der Waals surface area contributed by atoms with Crippen LogP contribution < -0.4 is 0 Å². The van der Waals surface area contributed by atoms with Crippen molar-refractivity contribution in [2.75, 3.05) is 13.2 Å². The molecule has 0 amide bonds. The number of benzene rings is 1. The number of hydrogen-bond donors (Lipinski definition) is 1. The van der Waals surface area contributed by atoms with E-state index in [2.05, 4.69) is 6.92 Å². The molecule has 2 heteroatoms. The molecule has 0 radical (unpaired) electrons. The fourth-order valence-electron chi connectivity index (χ4n) is 2.65. The molecule has 0 aliphatic carbocycles. The lowest BCUT2D eigenvalue weighted by Gasteiger charge is -2.05. The van der Waals surface area contributed by atoms with Crippen LogP contribution in [-0.4, -0.2) is 18.3 Å². The predicted molar refractivity (Wildman–Crippen MR) is 94.5 cm³/mol. The van der Waals surface area contributed by atoms with Crippen LogP contribution in [0.4, 0.5) is 0 Å². The zero-order chi connectivity index (χ0) is 15.9. The fraction of sp³-hybridized carbons (Fsp3) is 0.700. The van der Waals surface area contributed by atoms with Gasteiger partial charge in [0.2, 0.25) is 0 Å². The molecule has 22 heavy (non-hydrogen) atoms. The Kier molecular flexibility index (Phi) is 11.8. The lowest BCUT2D eigenvalue weighted by molar-refractivity contribution is 0.133. The molecule has 1 aromatic rings. The normalized spacial score (nSPS) is 11.0. The van der Waals surface area contributed by atoms with E-state index < -0.39 is 0 Å². The molecule has 0 bridgehead atoms. The smallest absolute Gasteiger partial charge is 0.115 e. The second kappa shape index (κ2) is 13.6. The molecule has 0 aromatic heterocycles. The number of unbranched alkanes of at least 4 members (excludes halogenated alkanes) is 9. The van der Waals surface area contributed by atoms with Gasteiger partial charge in [0, 0.05) is 6.61 Å². The van der Waals surface area contributed by atoms with Gasteiger partial charge in [-0.2, -0.15) is 0 Å². The SMILES string of the molecule is CCCCCCCCCCCCOCCc1ccc(O)cc1. The summed E-state index contributed by atoms with van der Waals surface area (Å²) in [5, 5.41) is 9.21. The Balaban J connectivity index is 1.79. The summed E-state index contributed by atoms with van der Waals surface area (Å²) < 4.78 is 5.68. The fourth-order valence-corrected chi connectivity index (χ4v) is 2.65. The van der Waals surface area contributed by atoms with Crippen molar-refractivity contribution in [3.05, 3.63) is 29.8 Å². The number of aromatic hydroxyl groups is 1. The molecule has 1 rings (SSSR count). The summed E-state index contributed by atoms with van der Waals surface area (Å²) in [5.74, 6) is 0.329. The third-order valence-corrected chi connectivity index (χ3v) is 4.11. The molecular weight excluding hydrogens is 272 g/mol. The van der Waals surface area contributed by atoms with E-state index in [9.17, 15) is 5.11 Å². The molecule has 0 fully saturated rings. The Hall–Kier alpha value is -1.02. The molecule has 0 unspecified atom stereocenters. The van der Waals surface area contributed by atoms with Gasteiger partial charge in [-0.25, -0.2) is 0 Å². The molecule has 0 spiro atoms.